The van der Waals surface area contributed by atoms with Crippen LogP contribution in [0.5, 0.6) is 0 Å². The van der Waals surface area contributed by atoms with Gasteiger partial charge in [0.15, 0.2) is 11.0 Å². The van der Waals surface area contributed by atoms with Crippen LogP contribution in [0.4, 0.5) is 11.4 Å². The number of halogens is 2. The number of nitrogens with zero attached hydrogens (tertiary/aromatic N) is 6. The van der Waals surface area contributed by atoms with Gasteiger partial charge in [-0.3, -0.25) is 0 Å². The number of nitriles is 2. The van der Waals surface area contributed by atoms with Crippen molar-refractivity contribution in [3.63, 3.8) is 0 Å². The largest absolute Gasteiger partial charge is 0.326 e. The number of hydrogen-bond acceptors (Lipinski definition) is 4. The molecule has 6 nitrogen and oxygen atoms in total. The Labute approximate surface area is 216 Å². The van der Waals surface area contributed by atoms with E-state index in [9.17, 15) is 10.5 Å². The number of hydrogen-bond donors (Lipinski definition) is 0. The maximum atomic E-state index is 9.45. The summed E-state index contributed by atoms with van der Waals surface area (Å²) in [4.78, 5) is 4.40. The van der Waals surface area contributed by atoms with E-state index in [1.807, 2.05) is 24.3 Å². The summed E-state index contributed by atoms with van der Waals surface area (Å²) in [6, 6.07) is 11.9. The number of allylic oxidation sites excluding steroid dienone is 2. The van der Waals surface area contributed by atoms with Crippen LogP contribution in [0.15, 0.2) is 42.2 Å². The third-order valence-electron chi connectivity index (χ3n) is 6.39. The molecule has 2 heterocycles. The molecule has 35 heavy (non-hydrogen) atoms. The second-order valence-corrected chi connectivity index (χ2v) is 8.90. The quantitative estimate of drug-likeness (QED) is 0.372. The van der Waals surface area contributed by atoms with Gasteiger partial charge in [-0.05, 0) is 45.9 Å². The number of fused-ring (bicyclic) bond motifs is 2. The van der Waals surface area contributed by atoms with E-state index in [2.05, 4.69) is 77.0 Å². The van der Waals surface area contributed by atoms with Crippen LogP contribution in [-0.4, -0.2) is 17.7 Å². The Balaban J connectivity index is 1.82. The highest BCUT2D eigenvalue weighted by Gasteiger charge is 2.30. The minimum Gasteiger partial charge on any atom is -0.326 e. The Kier molecular flexibility index (Phi) is 7.08. The van der Waals surface area contributed by atoms with Crippen LogP contribution >= 0.6 is 23.2 Å². The van der Waals surface area contributed by atoms with Crippen molar-refractivity contribution in [2.24, 2.45) is 0 Å². The first-order valence-corrected chi connectivity index (χ1v) is 12.5. The Morgan fingerprint density at radius 1 is 0.857 bits per heavy atom. The van der Waals surface area contributed by atoms with Crippen molar-refractivity contribution < 1.29 is 4.57 Å². The number of anilines is 2. The van der Waals surface area contributed by atoms with Crippen LogP contribution in [-0.2, 0) is 13.1 Å². The minimum absolute atomic E-state index is 0.462. The normalized spacial score (nSPS) is 14.2. The first-order valence-electron chi connectivity index (χ1n) is 11.8. The van der Waals surface area contributed by atoms with Gasteiger partial charge >= 0.3 is 0 Å². The van der Waals surface area contributed by atoms with E-state index in [1.54, 1.807) is 0 Å². The molecule has 1 aromatic heterocycles. The van der Waals surface area contributed by atoms with E-state index in [4.69, 9.17) is 23.2 Å². The lowest BCUT2D eigenvalue weighted by Gasteiger charge is -2.23. The Bertz CT molecular complexity index is 1450. The highest BCUT2D eigenvalue weighted by atomic mass is 35.5. The van der Waals surface area contributed by atoms with E-state index in [0.29, 0.717) is 21.2 Å². The van der Waals surface area contributed by atoms with Crippen molar-refractivity contribution in [3.05, 3.63) is 69.2 Å². The molecule has 3 aromatic rings. The summed E-state index contributed by atoms with van der Waals surface area (Å²) in [6.07, 6.45) is 6.25. The second-order valence-electron chi connectivity index (χ2n) is 8.08. The highest BCUT2D eigenvalue weighted by molar-refractivity contribution is 6.32. The Morgan fingerprint density at radius 2 is 1.46 bits per heavy atom. The fourth-order valence-electron chi connectivity index (χ4n) is 4.83. The van der Waals surface area contributed by atoms with Crippen LogP contribution in [0.1, 0.15) is 44.6 Å². The molecule has 0 N–H and O–H groups in total. The first-order chi connectivity index (χ1) is 16.9. The predicted octanol–water partition coefficient (Wildman–Crippen LogP) is 6.24. The Morgan fingerprint density at radius 3 is 2.03 bits per heavy atom. The molecule has 178 valence electrons. The molecule has 0 spiro atoms. The zero-order chi connectivity index (χ0) is 25.3. The third kappa shape index (κ3) is 4.04. The predicted molar refractivity (Wildman–Crippen MR) is 143 cm³/mol. The van der Waals surface area contributed by atoms with Gasteiger partial charge < -0.3 is 9.80 Å². The van der Waals surface area contributed by atoms with Crippen molar-refractivity contribution in [1.82, 2.24) is 4.57 Å². The van der Waals surface area contributed by atoms with Gasteiger partial charge in [-0.15, -0.1) is 0 Å². The molecule has 0 saturated carbocycles. The highest BCUT2D eigenvalue weighted by Crippen LogP contribution is 2.44. The number of rotatable bonds is 6. The molecule has 4 rings (SSSR count). The van der Waals surface area contributed by atoms with Crippen molar-refractivity contribution >= 4 is 51.7 Å². The summed E-state index contributed by atoms with van der Waals surface area (Å²) in [5.41, 5.74) is 4.93. The third-order valence-corrected chi connectivity index (χ3v) is 7.02. The molecule has 0 radical (unpaired) electrons. The first kappa shape index (κ1) is 24.7. The molecule has 0 aliphatic carbocycles. The molecular formula is C27H27Cl2N6+. The lowest BCUT2D eigenvalue weighted by atomic mass is 10.2. The zero-order valence-electron chi connectivity index (χ0n) is 20.3. The second kappa shape index (κ2) is 10.0. The summed E-state index contributed by atoms with van der Waals surface area (Å²) >= 11 is 12.7. The minimum atomic E-state index is 0.462. The van der Waals surface area contributed by atoms with E-state index in [1.165, 1.54) is 0 Å². The Hall–Kier alpha value is -3.45. The molecule has 2 aromatic carbocycles. The number of imidazole rings is 1. The van der Waals surface area contributed by atoms with E-state index in [0.717, 1.165) is 60.2 Å². The van der Waals surface area contributed by atoms with Gasteiger partial charge in [-0.25, -0.2) is 9.13 Å². The van der Waals surface area contributed by atoms with Crippen molar-refractivity contribution in [2.45, 2.75) is 40.8 Å². The molecule has 8 heteroatoms. The maximum Gasteiger partial charge on any atom is 0.282 e. The van der Waals surface area contributed by atoms with Crippen LogP contribution in [0, 0.1) is 22.7 Å². The van der Waals surface area contributed by atoms with Crippen molar-refractivity contribution in [3.8, 4) is 12.1 Å². The smallest absolute Gasteiger partial charge is 0.282 e. The molecule has 0 bridgehead atoms. The maximum absolute atomic E-state index is 9.45. The van der Waals surface area contributed by atoms with Gasteiger partial charge in [0, 0.05) is 31.3 Å². The van der Waals surface area contributed by atoms with Crippen LogP contribution < -0.4 is 14.4 Å². The number of aromatic nitrogens is 2. The fraction of sp³-hybridized carbons (Fsp3) is 0.296. The molecular weight excluding hydrogens is 479 g/mol. The van der Waals surface area contributed by atoms with Crippen molar-refractivity contribution in [1.29, 1.82) is 10.5 Å². The summed E-state index contributed by atoms with van der Waals surface area (Å²) < 4.78 is 4.40. The van der Waals surface area contributed by atoms with Gasteiger partial charge in [0.1, 0.15) is 18.0 Å². The number of benzene rings is 2. The van der Waals surface area contributed by atoms with Gasteiger partial charge in [0.05, 0.1) is 45.6 Å². The van der Waals surface area contributed by atoms with Gasteiger partial charge in [-0.2, -0.15) is 10.5 Å². The average Bonchev–Trinajstić information content (AvgIpc) is 3.32. The topological polar surface area (TPSA) is 62.9 Å². The van der Waals surface area contributed by atoms with E-state index < -0.39 is 0 Å². The van der Waals surface area contributed by atoms with Crippen LogP contribution in [0.3, 0.4) is 0 Å². The lowest BCUT2D eigenvalue weighted by molar-refractivity contribution is -0.670. The van der Waals surface area contributed by atoms with Gasteiger partial charge in [0.2, 0.25) is 0 Å². The van der Waals surface area contributed by atoms with Gasteiger partial charge in [-0.1, -0.05) is 29.3 Å². The molecule has 0 fully saturated rings. The average molecular weight is 506 g/mol. The molecule has 0 saturated heterocycles. The van der Waals surface area contributed by atoms with E-state index in [-0.39, 0.29) is 0 Å². The summed E-state index contributed by atoms with van der Waals surface area (Å²) in [5, 5.41) is 19.8. The SMILES string of the molecule is CCN1/C(=C\C=C\c2n(CC)c3cc(Cl)c(C#N)cc3[n+]2CC)N(CC)c2cc(C#N)c(Cl)cc21. The molecule has 0 unspecified atom stereocenters. The van der Waals surface area contributed by atoms with Crippen molar-refractivity contribution in [2.75, 3.05) is 22.9 Å². The molecule has 1 aliphatic rings. The molecule has 0 atom stereocenters. The number of aryl methyl sites for hydroxylation is 2. The molecule has 1 aliphatic heterocycles. The van der Waals surface area contributed by atoms with Crippen LogP contribution in [0.2, 0.25) is 10.0 Å². The monoisotopic (exact) mass is 505 g/mol. The molecule has 0 amide bonds. The van der Waals surface area contributed by atoms with Gasteiger partial charge in [0.25, 0.3) is 5.82 Å². The summed E-state index contributed by atoms with van der Waals surface area (Å²) in [7, 11) is 0. The fourth-order valence-corrected chi connectivity index (χ4v) is 5.23. The summed E-state index contributed by atoms with van der Waals surface area (Å²) in [5.74, 6) is 2.06. The standard InChI is InChI=1S/C27H27Cl2N6/c1-5-32-22-12-18(16-30)20(28)14-24(22)34(7-3)26(32)10-9-11-27-33(6-2)23-13-19(17-31)21(29)15-25(23)35(27)8-4/h9-15H,5-8H2,1-4H3/q+1. The lowest BCUT2D eigenvalue weighted by Crippen LogP contribution is -2.35. The summed E-state index contributed by atoms with van der Waals surface area (Å²) in [6.45, 7) is 11.4. The van der Waals surface area contributed by atoms with E-state index >= 15 is 0 Å². The zero-order valence-corrected chi connectivity index (χ0v) is 21.8. The van der Waals surface area contributed by atoms with Crippen LogP contribution in [0.25, 0.3) is 17.1 Å².